The van der Waals surface area contributed by atoms with Crippen molar-refractivity contribution in [2.75, 3.05) is 19.5 Å². The molecule has 0 radical (unpaired) electrons. The second kappa shape index (κ2) is 5.77. The summed E-state index contributed by atoms with van der Waals surface area (Å²) in [7, 11) is 3.05. The molecular formula is C16H14N2O4. The zero-order valence-corrected chi connectivity index (χ0v) is 12.1. The van der Waals surface area contributed by atoms with Crippen molar-refractivity contribution in [3.05, 3.63) is 48.0 Å². The zero-order valence-electron chi connectivity index (χ0n) is 12.1. The fraction of sp³-hybridized carbons (Fsp3) is 0.125. The molecule has 1 N–H and O–H groups in total. The maximum Gasteiger partial charge on any atom is 0.260 e. The Kier molecular flexibility index (Phi) is 3.65. The van der Waals surface area contributed by atoms with Crippen molar-refractivity contribution in [3.63, 3.8) is 0 Å². The number of hydrogen-bond acceptors (Lipinski definition) is 5. The molecule has 1 amide bonds. The summed E-state index contributed by atoms with van der Waals surface area (Å²) in [6.07, 6.45) is 0. The molecule has 6 nitrogen and oxygen atoms in total. The molecule has 0 saturated heterocycles. The minimum absolute atomic E-state index is 0.335. The van der Waals surface area contributed by atoms with Crippen LogP contribution in [-0.2, 0) is 0 Å². The van der Waals surface area contributed by atoms with Crippen LogP contribution in [0.15, 0.2) is 47.0 Å². The fourth-order valence-electron chi connectivity index (χ4n) is 2.14. The van der Waals surface area contributed by atoms with E-state index in [2.05, 4.69) is 10.5 Å². The van der Waals surface area contributed by atoms with Crippen LogP contribution >= 0.6 is 0 Å². The molecule has 0 bridgehead atoms. The van der Waals surface area contributed by atoms with Gasteiger partial charge in [0.05, 0.1) is 25.2 Å². The highest BCUT2D eigenvalue weighted by atomic mass is 16.5. The quantitative estimate of drug-likeness (QED) is 0.801. The number of nitrogens with zero attached hydrogens (tertiary/aromatic N) is 1. The summed E-state index contributed by atoms with van der Waals surface area (Å²) in [5.74, 6) is 1.07. The molecule has 0 aliphatic heterocycles. The van der Waals surface area contributed by atoms with E-state index in [1.54, 1.807) is 31.4 Å². The first kappa shape index (κ1) is 13.9. The SMILES string of the molecule is COc1ccc(C(=O)Nc2noc3ccccc23)c(OC)c1. The lowest BCUT2D eigenvalue weighted by molar-refractivity contribution is 0.102. The van der Waals surface area contributed by atoms with E-state index in [0.29, 0.717) is 28.5 Å². The highest BCUT2D eigenvalue weighted by molar-refractivity contribution is 6.09. The maximum atomic E-state index is 12.4. The summed E-state index contributed by atoms with van der Waals surface area (Å²) in [6.45, 7) is 0. The molecule has 0 atom stereocenters. The second-order valence-electron chi connectivity index (χ2n) is 4.55. The molecule has 6 heteroatoms. The number of carbonyl (C=O) groups excluding carboxylic acids is 1. The van der Waals surface area contributed by atoms with E-state index >= 15 is 0 Å². The van der Waals surface area contributed by atoms with Gasteiger partial charge in [-0.25, -0.2) is 0 Å². The first-order valence-corrected chi connectivity index (χ1v) is 6.60. The van der Waals surface area contributed by atoms with E-state index in [4.69, 9.17) is 14.0 Å². The van der Waals surface area contributed by atoms with Gasteiger partial charge in [0.15, 0.2) is 11.4 Å². The van der Waals surface area contributed by atoms with Crippen LogP contribution in [0.1, 0.15) is 10.4 Å². The average Bonchev–Trinajstić information content (AvgIpc) is 2.97. The van der Waals surface area contributed by atoms with Crippen molar-refractivity contribution in [1.29, 1.82) is 0 Å². The maximum absolute atomic E-state index is 12.4. The summed E-state index contributed by atoms with van der Waals surface area (Å²) in [4.78, 5) is 12.4. The van der Waals surface area contributed by atoms with Crippen LogP contribution in [0.3, 0.4) is 0 Å². The summed E-state index contributed by atoms with van der Waals surface area (Å²) in [6, 6.07) is 12.3. The van der Waals surface area contributed by atoms with Crippen LogP contribution in [0.2, 0.25) is 0 Å². The van der Waals surface area contributed by atoms with Crippen LogP contribution in [0.4, 0.5) is 5.82 Å². The van der Waals surface area contributed by atoms with Gasteiger partial charge >= 0.3 is 0 Å². The normalized spacial score (nSPS) is 10.5. The minimum Gasteiger partial charge on any atom is -0.497 e. The molecule has 0 aliphatic rings. The number of aromatic nitrogens is 1. The Hall–Kier alpha value is -3.02. The number of carbonyl (C=O) groups is 1. The van der Waals surface area contributed by atoms with Crippen molar-refractivity contribution >= 4 is 22.7 Å². The summed E-state index contributed by atoms with van der Waals surface area (Å²) < 4.78 is 15.5. The summed E-state index contributed by atoms with van der Waals surface area (Å²) >= 11 is 0. The van der Waals surface area contributed by atoms with Crippen molar-refractivity contribution in [2.24, 2.45) is 0 Å². The first-order valence-electron chi connectivity index (χ1n) is 6.60. The monoisotopic (exact) mass is 298 g/mol. The van der Waals surface area contributed by atoms with E-state index in [1.807, 2.05) is 18.2 Å². The van der Waals surface area contributed by atoms with E-state index in [0.717, 1.165) is 5.39 Å². The highest BCUT2D eigenvalue weighted by Gasteiger charge is 2.16. The molecule has 0 saturated carbocycles. The van der Waals surface area contributed by atoms with Gasteiger partial charge in [0, 0.05) is 6.07 Å². The molecule has 1 aromatic heterocycles. The number of ether oxygens (including phenoxy) is 2. The van der Waals surface area contributed by atoms with E-state index in [1.165, 1.54) is 7.11 Å². The summed E-state index contributed by atoms with van der Waals surface area (Å²) in [5, 5.41) is 7.35. The van der Waals surface area contributed by atoms with Gasteiger partial charge in [-0.15, -0.1) is 0 Å². The van der Waals surface area contributed by atoms with Crippen LogP contribution in [0.25, 0.3) is 11.0 Å². The second-order valence-corrected chi connectivity index (χ2v) is 4.55. The lowest BCUT2D eigenvalue weighted by Crippen LogP contribution is -2.13. The predicted octanol–water partition coefficient (Wildman–Crippen LogP) is 3.10. The van der Waals surface area contributed by atoms with Gasteiger partial charge in [-0.3, -0.25) is 4.79 Å². The van der Waals surface area contributed by atoms with Crippen LogP contribution in [0, 0.1) is 0 Å². The molecule has 2 aromatic carbocycles. The van der Waals surface area contributed by atoms with Gasteiger partial charge < -0.3 is 19.3 Å². The lowest BCUT2D eigenvalue weighted by Gasteiger charge is -2.09. The number of para-hydroxylation sites is 1. The number of methoxy groups -OCH3 is 2. The first-order chi connectivity index (χ1) is 10.7. The van der Waals surface area contributed by atoms with Crippen molar-refractivity contribution < 1.29 is 18.8 Å². The molecular weight excluding hydrogens is 284 g/mol. The third-order valence-electron chi connectivity index (χ3n) is 3.26. The largest absolute Gasteiger partial charge is 0.497 e. The molecule has 0 aliphatic carbocycles. The Morgan fingerprint density at radius 3 is 2.73 bits per heavy atom. The minimum atomic E-state index is -0.335. The number of amides is 1. The Labute approximate surface area is 126 Å². The average molecular weight is 298 g/mol. The Morgan fingerprint density at radius 2 is 1.95 bits per heavy atom. The van der Waals surface area contributed by atoms with Gasteiger partial charge in [-0.05, 0) is 24.3 Å². The van der Waals surface area contributed by atoms with Gasteiger partial charge in [0.1, 0.15) is 11.5 Å². The van der Waals surface area contributed by atoms with Gasteiger partial charge in [0.25, 0.3) is 5.91 Å². The molecule has 3 aromatic rings. The number of hydrogen-bond donors (Lipinski definition) is 1. The third-order valence-corrected chi connectivity index (χ3v) is 3.26. The van der Waals surface area contributed by atoms with E-state index < -0.39 is 0 Å². The molecule has 1 heterocycles. The summed E-state index contributed by atoms with van der Waals surface area (Å²) in [5.41, 5.74) is 0.995. The Morgan fingerprint density at radius 1 is 1.14 bits per heavy atom. The molecule has 3 rings (SSSR count). The zero-order chi connectivity index (χ0) is 15.5. The van der Waals surface area contributed by atoms with Crippen molar-refractivity contribution in [2.45, 2.75) is 0 Å². The third kappa shape index (κ3) is 2.46. The topological polar surface area (TPSA) is 73.6 Å². The highest BCUT2D eigenvalue weighted by Crippen LogP contribution is 2.27. The number of anilines is 1. The van der Waals surface area contributed by atoms with Crippen molar-refractivity contribution in [3.8, 4) is 11.5 Å². The van der Waals surface area contributed by atoms with Gasteiger partial charge in [-0.2, -0.15) is 0 Å². The number of nitrogens with one attached hydrogen (secondary N) is 1. The molecule has 0 unspecified atom stereocenters. The number of benzene rings is 2. The number of rotatable bonds is 4. The lowest BCUT2D eigenvalue weighted by atomic mass is 10.1. The molecule has 112 valence electrons. The van der Waals surface area contributed by atoms with Crippen LogP contribution in [-0.4, -0.2) is 25.3 Å². The van der Waals surface area contributed by atoms with Crippen LogP contribution < -0.4 is 14.8 Å². The van der Waals surface area contributed by atoms with Gasteiger partial charge in [0.2, 0.25) is 0 Å². The smallest absolute Gasteiger partial charge is 0.260 e. The molecule has 22 heavy (non-hydrogen) atoms. The van der Waals surface area contributed by atoms with E-state index in [-0.39, 0.29) is 5.91 Å². The van der Waals surface area contributed by atoms with Gasteiger partial charge in [-0.1, -0.05) is 17.3 Å². The van der Waals surface area contributed by atoms with Crippen molar-refractivity contribution in [1.82, 2.24) is 5.16 Å². The fourth-order valence-corrected chi connectivity index (χ4v) is 2.14. The Bertz CT molecular complexity index is 826. The Balaban J connectivity index is 1.91. The van der Waals surface area contributed by atoms with Crippen LogP contribution in [0.5, 0.6) is 11.5 Å². The molecule has 0 fully saturated rings. The molecule has 0 spiro atoms. The van der Waals surface area contributed by atoms with E-state index in [9.17, 15) is 4.79 Å². The standard InChI is InChI=1S/C16H14N2O4/c1-20-10-7-8-12(14(9-10)21-2)16(19)17-15-11-5-3-4-6-13(11)22-18-15/h3-9H,1-2H3,(H,17,18,19). The predicted molar refractivity (Wildman–Crippen MR) is 81.5 cm³/mol. The number of fused-ring (bicyclic) bond motifs is 1.